The number of fused-ring (bicyclic) bond motifs is 8. The van der Waals surface area contributed by atoms with Crippen LogP contribution in [-0.4, -0.2) is 4.57 Å². The molecule has 10 aromatic rings. The summed E-state index contributed by atoms with van der Waals surface area (Å²) in [5, 5.41) is 4.42. The van der Waals surface area contributed by atoms with E-state index in [0.717, 1.165) is 94.0 Å². The molecular formula is C44H27NO2. The average molecular weight is 602 g/mol. The first kappa shape index (κ1) is 26.0. The SMILES string of the molecule is c1ccc(-c2cccc3c2oc2c(-c4ccccc4-c4cccc5oc6c7ccccc7n(-c7ccccc7)c6c45)cccc23)cc1. The standard InChI is InChI=1S/C44H27NO2/c1-3-14-28(15-4-1)30-21-11-24-35-36-25-12-23-34(43(36)47-42(30)35)32-19-8-7-18-31(32)33-22-13-27-39-40(33)41-44(46-39)37-20-9-10-26-38(37)45(41)29-16-5-2-6-17-29/h1-27H. The fourth-order valence-electron chi connectivity index (χ4n) is 7.41. The van der Waals surface area contributed by atoms with Gasteiger partial charge in [0, 0.05) is 33.0 Å². The second-order valence-corrected chi connectivity index (χ2v) is 12.0. The summed E-state index contributed by atoms with van der Waals surface area (Å²) in [5.74, 6) is 0. The topological polar surface area (TPSA) is 31.2 Å². The lowest BCUT2D eigenvalue weighted by Crippen LogP contribution is -1.94. The molecule has 0 aliphatic carbocycles. The minimum absolute atomic E-state index is 0.868. The molecule has 0 aliphatic rings. The Balaban J connectivity index is 1.27. The van der Waals surface area contributed by atoms with Gasteiger partial charge in [0.05, 0.1) is 10.9 Å². The quantitative estimate of drug-likeness (QED) is 0.201. The lowest BCUT2D eigenvalue weighted by molar-refractivity contribution is 0.671. The van der Waals surface area contributed by atoms with Gasteiger partial charge < -0.3 is 13.4 Å². The van der Waals surface area contributed by atoms with Crippen molar-refractivity contribution in [3.8, 4) is 39.1 Å². The Kier molecular flexibility index (Phi) is 5.57. The molecule has 0 aliphatic heterocycles. The molecule has 0 N–H and O–H groups in total. The zero-order valence-corrected chi connectivity index (χ0v) is 25.4. The van der Waals surface area contributed by atoms with Crippen LogP contribution in [0.4, 0.5) is 0 Å². The largest absolute Gasteiger partial charge is 0.455 e. The highest BCUT2D eigenvalue weighted by Gasteiger charge is 2.23. The minimum Gasteiger partial charge on any atom is -0.455 e. The van der Waals surface area contributed by atoms with Gasteiger partial charge in [-0.1, -0.05) is 133 Å². The lowest BCUT2D eigenvalue weighted by Gasteiger charge is -2.13. The van der Waals surface area contributed by atoms with Crippen LogP contribution in [0.5, 0.6) is 0 Å². The second kappa shape index (κ2) is 10.1. The van der Waals surface area contributed by atoms with Gasteiger partial charge in [0.25, 0.3) is 0 Å². The molecule has 3 heterocycles. The number of para-hydroxylation sites is 4. The zero-order valence-electron chi connectivity index (χ0n) is 25.4. The van der Waals surface area contributed by atoms with Gasteiger partial charge in [-0.15, -0.1) is 0 Å². The Morgan fingerprint density at radius 1 is 0.362 bits per heavy atom. The van der Waals surface area contributed by atoms with Crippen LogP contribution in [0, 0.1) is 0 Å². The van der Waals surface area contributed by atoms with Gasteiger partial charge >= 0.3 is 0 Å². The fourth-order valence-corrected chi connectivity index (χ4v) is 7.41. The van der Waals surface area contributed by atoms with Gasteiger partial charge in [-0.25, -0.2) is 0 Å². The third-order valence-electron chi connectivity index (χ3n) is 9.43. The van der Waals surface area contributed by atoms with Gasteiger partial charge in [0.2, 0.25) is 0 Å². The first-order valence-electron chi connectivity index (χ1n) is 15.9. The van der Waals surface area contributed by atoms with Crippen molar-refractivity contribution in [2.75, 3.05) is 0 Å². The van der Waals surface area contributed by atoms with Gasteiger partial charge in [-0.2, -0.15) is 0 Å². The Bertz CT molecular complexity index is 2780. The summed E-state index contributed by atoms with van der Waals surface area (Å²) in [6.45, 7) is 0. The molecule has 0 unspecified atom stereocenters. The third kappa shape index (κ3) is 3.81. The second-order valence-electron chi connectivity index (χ2n) is 12.0. The first-order chi connectivity index (χ1) is 23.3. The van der Waals surface area contributed by atoms with E-state index in [-0.39, 0.29) is 0 Å². The number of hydrogen-bond donors (Lipinski definition) is 0. The molecule has 3 nitrogen and oxygen atoms in total. The van der Waals surface area contributed by atoms with Crippen LogP contribution in [0.1, 0.15) is 0 Å². The van der Waals surface area contributed by atoms with Crippen LogP contribution in [-0.2, 0) is 0 Å². The highest BCUT2D eigenvalue weighted by Crippen LogP contribution is 2.46. The monoisotopic (exact) mass is 601 g/mol. The van der Waals surface area contributed by atoms with Gasteiger partial charge in [0.15, 0.2) is 5.58 Å². The summed E-state index contributed by atoms with van der Waals surface area (Å²) >= 11 is 0. The fraction of sp³-hybridized carbons (Fsp3) is 0. The number of benzene rings is 7. The summed E-state index contributed by atoms with van der Waals surface area (Å²) in [6, 6.07) is 57.5. The zero-order chi connectivity index (χ0) is 30.9. The van der Waals surface area contributed by atoms with E-state index in [2.05, 4.69) is 162 Å². The molecule has 0 saturated carbocycles. The van der Waals surface area contributed by atoms with E-state index in [1.807, 2.05) is 6.07 Å². The Hall–Kier alpha value is -6.32. The Morgan fingerprint density at radius 3 is 1.70 bits per heavy atom. The van der Waals surface area contributed by atoms with Crippen LogP contribution in [0.25, 0.3) is 94.0 Å². The molecule has 7 aromatic carbocycles. The van der Waals surface area contributed by atoms with Crippen molar-refractivity contribution >= 4 is 54.9 Å². The minimum atomic E-state index is 0.868. The summed E-state index contributed by atoms with van der Waals surface area (Å²) in [4.78, 5) is 0. The van der Waals surface area contributed by atoms with Crippen molar-refractivity contribution in [2.24, 2.45) is 0 Å². The summed E-state index contributed by atoms with van der Waals surface area (Å²) in [7, 11) is 0. The highest BCUT2D eigenvalue weighted by atomic mass is 16.3. The maximum Gasteiger partial charge on any atom is 0.161 e. The molecule has 10 rings (SSSR count). The van der Waals surface area contributed by atoms with E-state index in [0.29, 0.717) is 0 Å². The number of aromatic nitrogens is 1. The number of rotatable bonds is 4. The number of hydrogen-bond acceptors (Lipinski definition) is 2. The maximum absolute atomic E-state index is 6.85. The molecule has 3 heteroatoms. The van der Waals surface area contributed by atoms with Crippen molar-refractivity contribution in [2.45, 2.75) is 0 Å². The van der Waals surface area contributed by atoms with Crippen LogP contribution < -0.4 is 0 Å². The molecule has 0 saturated heterocycles. The first-order valence-corrected chi connectivity index (χ1v) is 15.9. The Labute approximate surface area is 270 Å². The van der Waals surface area contributed by atoms with Crippen molar-refractivity contribution < 1.29 is 8.83 Å². The third-order valence-corrected chi connectivity index (χ3v) is 9.43. The predicted octanol–water partition coefficient (Wildman–Crippen LogP) is 12.4. The van der Waals surface area contributed by atoms with Crippen molar-refractivity contribution in [3.63, 3.8) is 0 Å². The van der Waals surface area contributed by atoms with Gasteiger partial charge in [-0.05, 0) is 52.6 Å². The van der Waals surface area contributed by atoms with Gasteiger partial charge in [0.1, 0.15) is 22.3 Å². The molecule has 0 atom stereocenters. The average Bonchev–Trinajstić information content (AvgIpc) is 3.81. The molecule has 0 fully saturated rings. The molecule has 47 heavy (non-hydrogen) atoms. The molecule has 0 spiro atoms. The van der Waals surface area contributed by atoms with E-state index >= 15 is 0 Å². The summed E-state index contributed by atoms with van der Waals surface area (Å²) in [5.41, 5.74) is 13.5. The molecule has 220 valence electrons. The van der Waals surface area contributed by atoms with E-state index in [9.17, 15) is 0 Å². The lowest BCUT2D eigenvalue weighted by atomic mass is 9.91. The highest BCUT2D eigenvalue weighted by molar-refractivity contribution is 6.21. The number of furan rings is 2. The Morgan fingerprint density at radius 2 is 0.915 bits per heavy atom. The molecular weight excluding hydrogens is 574 g/mol. The van der Waals surface area contributed by atoms with Crippen molar-refractivity contribution in [1.29, 1.82) is 0 Å². The molecule has 0 radical (unpaired) electrons. The van der Waals surface area contributed by atoms with E-state index in [4.69, 9.17) is 8.83 Å². The van der Waals surface area contributed by atoms with Crippen LogP contribution in [0.2, 0.25) is 0 Å². The predicted molar refractivity (Wildman–Crippen MR) is 194 cm³/mol. The smallest absolute Gasteiger partial charge is 0.161 e. The summed E-state index contributed by atoms with van der Waals surface area (Å²) in [6.07, 6.45) is 0. The van der Waals surface area contributed by atoms with Crippen LogP contribution in [0.3, 0.4) is 0 Å². The van der Waals surface area contributed by atoms with E-state index < -0.39 is 0 Å². The van der Waals surface area contributed by atoms with E-state index in [1.54, 1.807) is 0 Å². The van der Waals surface area contributed by atoms with Gasteiger partial charge in [-0.3, -0.25) is 0 Å². The van der Waals surface area contributed by atoms with Crippen LogP contribution >= 0.6 is 0 Å². The maximum atomic E-state index is 6.85. The van der Waals surface area contributed by atoms with Crippen LogP contribution in [0.15, 0.2) is 173 Å². The number of nitrogens with zero attached hydrogens (tertiary/aromatic N) is 1. The van der Waals surface area contributed by atoms with Crippen molar-refractivity contribution in [1.82, 2.24) is 4.57 Å². The molecule has 3 aromatic heterocycles. The van der Waals surface area contributed by atoms with Crippen molar-refractivity contribution in [3.05, 3.63) is 164 Å². The van der Waals surface area contributed by atoms with E-state index in [1.165, 1.54) is 0 Å². The molecule has 0 bridgehead atoms. The normalized spacial score (nSPS) is 11.8. The summed E-state index contributed by atoms with van der Waals surface area (Å²) < 4.78 is 15.9. The molecule has 0 amide bonds.